The molecule has 1 aliphatic heterocycles. The number of fused-ring (bicyclic) bond motifs is 5. The SMILES string of the molecule is O=C(Nc1ccccc1Cl)[C@@H](Cc1ccccc1)N1C(=O)[C@@H]2[C@@H]3CC[C@H](C3)[C@@H]2C1=O. The molecule has 3 fully saturated rings. The fraction of sp³-hybridized carbons (Fsp3) is 0.375. The van der Waals surface area contributed by atoms with Gasteiger partial charge in [-0.15, -0.1) is 0 Å². The van der Waals surface area contributed by atoms with E-state index in [-0.39, 0.29) is 47.8 Å². The Bertz CT molecular complexity index is 981. The molecule has 2 bridgehead atoms. The van der Waals surface area contributed by atoms with Crippen LogP contribution in [-0.2, 0) is 20.8 Å². The quantitative estimate of drug-likeness (QED) is 0.742. The summed E-state index contributed by atoms with van der Waals surface area (Å²) in [5.74, 6) is -0.665. The van der Waals surface area contributed by atoms with Gasteiger partial charge in [0.2, 0.25) is 17.7 Å². The Labute approximate surface area is 180 Å². The number of rotatable bonds is 5. The van der Waals surface area contributed by atoms with E-state index in [0.717, 1.165) is 24.8 Å². The van der Waals surface area contributed by atoms with Gasteiger partial charge in [-0.25, -0.2) is 0 Å². The molecular weight excluding hydrogens is 400 g/mol. The van der Waals surface area contributed by atoms with Crippen molar-refractivity contribution in [1.29, 1.82) is 0 Å². The highest BCUT2D eigenvalue weighted by atomic mass is 35.5. The lowest BCUT2D eigenvalue weighted by molar-refractivity contribution is -0.147. The van der Waals surface area contributed by atoms with E-state index in [4.69, 9.17) is 11.6 Å². The van der Waals surface area contributed by atoms with E-state index in [1.165, 1.54) is 4.90 Å². The van der Waals surface area contributed by atoms with E-state index in [9.17, 15) is 14.4 Å². The number of carbonyl (C=O) groups excluding carboxylic acids is 3. The van der Waals surface area contributed by atoms with Crippen LogP contribution in [0.1, 0.15) is 24.8 Å². The van der Waals surface area contributed by atoms with Gasteiger partial charge in [0.1, 0.15) is 6.04 Å². The third-order valence-corrected chi connectivity index (χ3v) is 7.31. The third-order valence-electron chi connectivity index (χ3n) is 6.98. The number of benzene rings is 2. The number of para-hydroxylation sites is 1. The van der Waals surface area contributed by atoms with Crippen molar-refractivity contribution in [3.63, 3.8) is 0 Å². The summed E-state index contributed by atoms with van der Waals surface area (Å²) in [4.78, 5) is 41.3. The maximum absolute atomic E-state index is 13.3. The van der Waals surface area contributed by atoms with E-state index in [1.807, 2.05) is 30.3 Å². The van der Waals surface area contributed by atoms with Gasteiger partial charge >= 0.3 is 0 Å². The van der Waals surface area contributed by atoms with Gasteiger partial charge in [-0.2, -0.15) is 0 Å². The fourth-order valence-corrected chi connectivity index (χ4v) is 5.84. The number of nitrogens with one attached hydrogen (secondary N) is 1. The predicted molar refractivity (Wildman–Crippen MR) is 114 cm³/mol. The highest BCUT2D eigenvalue weighted by molar-refractivity contribution is 6.33. The van der Waals surface area contributed by atoms with E-state index >= 15 is 0 Å². The molecule has 0 radical (unpaired) electrons. The van der Waals surface area contributed by atoms with Crippen LogP contribution >= 0.6 is 11.6 Å². The van der Waals surface area contributed by atoms with Gasteiger partial charge in [-0.05, 0) is 48.8 Å². The molecule has 0 unspecified atom stereocenters. The number of carbonyl (C=O) groups is 3. The smallest absolute Gasteiger partial charge is 0.248 e. The van der Waals surface area contributed by atoms with Crippen molar-refractivity contribution >= 4 is 35.0 Å². The molecule has 154 valence electrons. The summed E-state index contributed by atoms with van der Waals surface area (Å²) in [6.07, 6.45) is 3.26. The number of hydrogen-bond acceptors (Lipinski definition) is 3. The molecule has 0 aromatic heterocycles. The number of anilines is 1. The molecule has 6 heteroatoms. The Morgan fingerprint density at radius 3 is 2.20 bits per heavy atom. The lowest BCUT2D eigenvalue weighted by Crippen LogP contribution is -2.49. The second-order valence-electron chi connectivity index (χ2n) is 8.61. The van der Waals surface area contributed by atoms with Crippen molar-refractivity contribution in [3.05, 3.63) is 65.2 Å². The standard InChI is InChI=1S/C24H23ClN2O3/c25-17-8-4-5-9-18(17)26-22(28)19(12-14-6-2-1-3-7-14)27-23(29)20-15-10-11-16(13-15)21(20)24(27)30/h1-9,15-16,19-21H,10-13H2,(H,26,28)/t15-,16-,19-,20-,21+/m1/s1. The van der Waals surface area contributed by atoms with Crippen LogP contribution in [0.25, 0.3) is 0 Å². The van der Waals surface area contributed by atoms with E-state index in [0.29, 0.717) is 10.7 Å². The first kappa shape index (κ1) is 19.3. The van der Waals surface area contributed by atoms with Gasteiger partial charge in [-0.3, -0.25) is 19.3 Å². The van der Waals surface area contributed by atoms with Crippen molar-refractivity contribution in [2.24, 2.45) is 23.7 Å². The zero-order valence-electron chi connectivity index (χ0n) is 16.5. The third kappa shape index (κ3) is 3.12. The topological polar surface area (TPSA) is 66.5 Å². The monoisotopic (exact) mass is 422 g/mol. The van der Waals surface area contributed by atoms with Gasteiger partial charge in [0.05, 0.1) is 22.5 Å². The number of imide groups is 1. The zero-order valence-corrected chi connectivity index (χ0v) is 17.2. The van der Waals surface area contributed by atoms with Crippen molar-refractivity contribution < 1.29 is 14.4 Å². The second-order valence-corrected chi connectivity index (χ2v) is 9.01. The van der Waals surface area contributed by atoms with Gasteiger partial charge < -0.3 is 5.32 Å². The first-order valence-electron chi connectivity index (χ1n) is 10.5. The summed E-state index contributed by atoms with van der Waals surface area (Å²) in [6, 6.07) is 15.6. The Morgan fingerprint density at radius 2 is 1.57 bits per heavy atom. The summed E-state index contributed by atoms with van der Waals surface area (Å²) in [5.41, 5.74) is 1.37. The van der Waals surface area contributed by atoms with E-state index in [1.54, 1.807) is 24.3 Å². The highest BCUT2D eigenvalue weighted by Crippen LogP contribution is 2.56. The zero-order chi connectivity index (χ0) is 20.8. The predicted octanol–water partition coefficient (Wildman–Crippen LogP) is 3.92. The minimum atomic E-state index is -0.895. The average molecular weight is 423 g/mol. The minimum Gasteiger partial charge on any atom is -0.323 e. The average Bonchev–Trinajstić information content (AvgIpc) is 3.43. The number of likely N-dealkylation sites (tertiary alicyclic amines) is 1. The number of nitrogens with zero attached hydrogens (tertiary/aromatic N) is 1. The lowest BCUT2D eigenvalue weighted by atomic mass is 9.81. The van der Waals surface area contributed by atoms with Crippen LogP contribution in [0, 0.1) is 23.7 Å². The Morgan fingerprint density at radius 1 is 0.967 bits per heavy atom. The van der Waals surface area contributed by atoms with Crippen LogP contribution in [0.15, 0.2) is 54.6 Å². The minimum absolute atomic E-state index is 0.174. The van der Waals surface area contributed by atoms with Crippen LogP contribution in [0.3, 0.4) is 0 Å². The van der Waals surface area contributed by atoms with Gasteiger partial charge in [0.15, 0.2) is 0 Å². The molecule has 5 nitrogen and oxygen atoms in total. The molecule has 1 N–H and O–H groups in total. The molecule has 2 aliphatic carbocycles. The molecular formula is C24H23ClN2O3. The molecule has 1 heterocycles. The summed E-state index contributed by atoms with van der Waals surface area (Å²) in [6.45, 7) is 0. The number of halogens is 1. The van der Waals surface area contributed by atoms with Crippen LogP contribution in [0.4, 0.5) is 5.69 Å². The van der Waals surface area contributed by atoms with Crippen LogP contribution in [0.2, 0.25) is 5.02 Å². The molecule has 2 saturated carbocycles. The van der Waals surface area contributed by atoms with Crippen molar-refractivity contribution in [2.75, 3.05) is 5.32 Å². The highest BCUT2D eigenvalue weighted by Gasteiger charge is 2.62. The molecule has 0 spiro atoms. The second kappa shape index (κ2) is 7.55. The first-order chi connectivity index (χ1) is 14.5. The fourth-order valence-electron chi connectivity index (χ4n) is 5.66. The van der Waals surface area contributed by atoms with Crippen molar-refractivity contribution in [2.45, 2.75) is 31.7 Å². The van der Waals surface area contributed by atoms with Crippen LogP contribution in [-0.4, -0.2) is 28.7 Å². The molecule has 2 aromatic carbocycles. The van der Waals surface area contributed by atoms with Crippen molar-refractivity contribution in [1.82, 2.24) is 4.90 Å². The Balaban J connectivity index is 1.47. The number of hydrogen-bond donors (Lipinski definition) is 1. The molecule has 5 atom stereocenters. The van der Waals surface area contributed by atoms with Crippen molar-refractivity contribution in [3.8, 4) is 0 Å². The van der Waals surface area contributed by atoms with Crippen LogP contribution in [0.5, 0.6) is 0 Å². The summed E-state index contributed by atoms with van der Waals surface area (Å²) >= 11 is 6.21. The van der Waals surface area contributed by atoms with E-state index < -0.39 is 6.04 Å². The van der Waals surface area contributed by atoms with E-state index in [2.05, 4.69) is 5.32 Å². The summed E-state index contributed by atoms with van der Waals surface area (Å²) in [7, 11) is 0. The Hall–Kier alpha value is -2.66. The molecule has 30 heavy (non-hydrogen) atoms. The molecule has 2 aromatic rings. The normalized spacial score (nSPS) is 28.0. The van der Waals surface area contributed by atoms with Gasteiger partial charge in [0.25, 0.3) is 0 Å². The molecule has 3 aliphatic rings. The lowest BCUT2D eigenvalue weighted by Gasteiger charge is -2.27. The molecule has 3 amide bonds. The molecule has 5 rings (SSSR count). The Kier molecular flexibility index (Phi) is 4.86. The van der Waals surface area contributed by atoms with Gasteiger partial charge in [0, 0.05) is 6.42 Å². The van der Waals surface area contributed by atoms with Crippen LogP contribution < -0.4 is 5.32 Å². The largest absolute Gasteiger partial charge is 0.323 e. The maximum Gasteiger partial charge on any atom is 0.248 e. The number of amides is 3. The summed E-state index contributed by atoms with van der Waals surface area (Å²) < 4.78 is 0. The molecule has 1 saturated heterocycles. The summed E-state index contributed by atoms with van der Waals surface area (Å²) in [5, 5.41) is 3.25. The maximum atomic E-state index is 13.3. The van der Waals surface area contributed by atoms with Gasteiger partial charge in [-0.1, -0.05) is 54.1 Å². The first-order valence-corrected chi connectivity index (χ1v) is 10.9.